The first-order valence-electron chi connectivity index (χ1n) is 7.37. The van der Waals surface area contributed by atoms with Gasteiger partial charge in [0, 0.05) is 38.8 Å². The molecule has 1 unspecified atom stereocenters. The fraction of sp³-hybridized carbons (Fsp3) is 0.625. The van der Waals surface area contributed by atoms with Gasteiger partial charge in [-0.25, -0.2) is 4.39 Å². The molecule has 1 fully saturated rings. The summed E-state index contributed by atoms with van der Waals surface area (Å²) in [6, 6.07) is 7.39. The molecule has 0 amide bonds. The van der Waals surface area contributed by atoms with E-state index in [2.05, 4.69) is 30.6 Å². The Labute approximate surface area is 121 Å². The van der Waals surface area contributed by atoms with Crippen LogP contribution in [0.15, 0.2) is 24.3 Å². The summed E-state index contributed by atoms with van der Waals surface area (Å²) < 4.78 is 13.8. The highest BCUT2D eigenvalue weighted by molar-refractivity contribution is 5.48. The van der Waals surface area contributed by atoms with Gasteiger partial charge in [0.2, 0.25) is 0 Å². The lowest BCUT2D eigenvalue weighted by Crippen LogP contribution is -2.56. The summed E-state index contributed by atoms with van der Waals surface area (Å²) in [5.41, 5.74) is 6.83. The summed E-state index contributed by atoms with van der Waals surface area (Å²) in [6.07, 6.45) is 0. The smallest absolute Gasteiger partial charge is 0.146 e. The van der Waals surface area contributed by atoms with Crippen LogP contribution in [0.4, 0.5) is 10.1 Å². The molecule has 1 heterocycles. The molecule has 4 heteroatoms. The van der Waals surface area contributed by atoms with Crippen LogP contribution in [0.2, 0.25) is 0 Å². The summed E-state index contributed by atoms with van der Waals surface area (Å²) >= 11 is 0. The monoisotopic (exact) mass is 279 g/mol. The number of nitrogens with zero attached hydrogens (tertiary/aromatic N) is 2. The van der Waals surface area contributed by atoms with E-state index in [4.69, 9.17) is 5.73 Å². The van der Waals surface area contributed by atoms with Crippen LogP contribution in [0, 0.1) is 11.2 Å². The summed E-state index contributed by atoms with van der Waals surface area (Å²) in [5, 5.41) is 0. The molecule has 112 valence electrons. The Hall–Kier alpha value is -1.13. The van der Waals surface area contributed by atoms with Crippen molar-refractivity contribution in [2.24, 2.45) is 11.1 Å². The molecule has 0 aromatic heterocycles. The van der Waals surface area contributed by atoms with E-state index >= 15 is 0 Å². The number of benzene rings is 1. The van der Waals surface area contributed by atoms with E-state index in [1.54, 1.807) is 6.07 Å². The Balaban J connectivity index is 2.01. The van der Waals surface area contributed by atoms with Gasteiger partial charge in [-0.3, -0.25) is 4.90 Å². The zero-order valence-electron chi connectivity index (χ0n) is 12.8. The average molecular weight is 279 g/mol. The van der Waals surface area contributed by atoms with Crippen LogP contribution in [0.3, 0.4) is 0 Å². The minimum atomic E-state index is -0.132. The lowest BCUT2D eigenvalue weighted by molar-refractivity contribution is 0.0985. The highest BCUT2D eigenvalue weighted by Crippen LogP contribution is 2.26. The summed E-state index contributed by atoms with van der Waals surface area (Å²) in [6.45, 7) is 10.9. The predicted molar refractivity (Wildman–Crippen MR) is 82.5 cm³/mol. The van der Waals surface area contributed by atoms with E-state index in [0.717, 1.165) is 26.2 Å². The van der Waals surface area contributed by atoms with Gasteiger partial charge in [0.1, 0.15) is 5.82 Å². The molecule has 0 aliphatic carbocycles. The first-order valence-corrected chi connectivity index (χ1v) is 7.37. The standard InChI is InChI=1S/C16H26FN3/c1-16(2,3)15(12-18)20-10-8-19(9-11-20)14-7-5-4-6-13(14)17/h4-7,15H,8-12,18H2,1-3H3. The fourth-order valence-corrected chi connectivity index (χ4v) is 3.03. The van der Waals surface area contributed by atoms with Crippen molar-refractivity contribution in [2.45, 2.75) is 26.8 Å². The Morgan fingerprint density at radius 2 is 1.75 bits per heavy atom. The van der Waals surface area contributed by atoms with Crippen LogP contribution in [0.25, 0.3) is 0 Å². The zero-order valence-corrected chi connectivity index (χ0v) is 12.8. The highest BCUT2D eigenvalue weighted by atomic mass is 19.1. The molecule has 2 rings (SSSR count). The van der Waals surface area contributed by atoms with Crippen LogP contribution in [0.1, 0.15) is 20.8 Å². The van der Waals surface area contributed by atoms with Crippen molar-refractivity contribution < 1.29 is 4.39 Å². The van der Waals surface area contributed by atoms with Crippen LogP contribution in [-0.4, -0.2) is 43.7 Å². The molecule has 0 spiro atoms. The average Bonchev–Trinajstić information content (AvgIpc) is 2.39. The largest absolute Gasteiger partial charge is 0.367 e. The third kappa shape index (κ3) is 3.30. The summed E-state index contributed by atoms with van der Waals surface area (Å²) in [5.74, 6) is -0.132. The van der Waals surface area contributed by atoms with E-state index in [1.165, 1.54) is 6.07 Å². The minimum Gasteiger partial charge on any atom is -0.367 e. The van der Waals surface area contributed by atoms with Crippen LogP contribution < -0.4 is 10.6 Å². The van der Waals surface area contributed by atoms with E-state index in [0.29, 0.717) is 18.3 Å². The van der Waals surface area contributed by atoms with Crippen molar-refractivity contribution in [3.8, 4) is 0 Å². The predicted octanol–water partition coefficient (Wildman–Crippen LogP) is 2.32. The highest BCUT2D eigenvalue weighted by Gasteiger charge is 2.31. The molecule has 1 aromatic carbocycles. The van der Waals surface area contributed by atoms with Crippen molar-refractivity contribution in [3.05, 3.63) is 30.1 Å². The fourth-order valence-electron chi connectivity index (χ4n) is 3.03. The number of hydrogen-bond donors (Lipinski definition) is 1. The molecular weight excluding hydrogens is 253 g/mol. The van der Waals surface area contributed by atoms with Crippen LogP contribution in [0.5, 0.6) is 0 Å². The maximum absolute atomic E-state index is 13.8. The first-order chi connectivity index (χ1) is 9.43. The number of nitrogens with two attached hydrogens (primary N) is 1. The molecule has 0 bridgehead atoms. The van der Waals surface area contributed by atoms with E-state index in [1.807, 2.05) is 12.1 Å². The van der Waals surface area contributed by atoms with Gasteiger partial charge in [0.05, 0.1) is 5.69 Å². The number of piperazine rings is 1. The molecule has 1 aliphatic rings. The molecule has 1 aromatic rings. The van der Waals surface area contributed by atoms with Gasteiger partial charge in [-0.15, -0.1) is 0 Å². The van der Waals surface area contributed by atoms with Gasteiger partial charge in [-0.1, -0.05) is 32.9 Å². The maximum atomic E-state index is 13.8. The van der Waals surface area contributed by atoms with Gasteiger partial charge in [0.15, 0.2) is 0 Å². The first kappa shape index (κ1) is 15.3. The third-order valence-corrected chi connectivity index (χ3v) is 4.17. The van der Waals surface area contributed by atoms with E-state index in [-0.39, 0.29) is 11.2 Å². The summed E-state index contributed by atoms with van der Waals surface area (Å²) in [7, 11) is 0. The molecule has 0 saturated carbocycles. The second-order valence-corrected chi connectivity index (χ2v) is 6.59. The topological polar surface area (TPSA) is 32.5 Å². The Bertz CT molecular complexity index is 434. The normalized spacial score (nSPS) is 19.1. The number of halogens is 1. The Morgan fingerprint density at radius 3 is 2.25 bits per heavy atom. The van der Waals surface area contributed by atoms with Gasteiger partial charge in [-0.05, 0) is 17.5 Å². The van der Waals surface area contributed by atoms with Crippen LogP contribution in [-0.2, 0) is 0 Å². The van der Waals surface area contributed by atoms with Crippen molar-refractivity contribution in [1.29, 1.82) is 0 Å². The number of anilines is 1. The quantitative estimate of drug-likeness (QED) is 0.921. The van der Waals surface area contributed by atoms with Crippen LogP contribution >= 0.6 is 0 Å². The molecule has 20 heavy (non-hydrogen) atoms. The van der Waals surface area contributed by atoms with Gasteiger partial charge >= 0.3 is 0 Å². The molecular formula is C16H26FN3. The van der Waals surface area contributed by atoms with E-state index in [9.17, 15) is 4.39 Å². The molecule has 0 radical (unpaired) electrons. The van der Waals surface area contributed by atoms with E-state index < -0.39 is 0 Å². The van der Waals surface area contributed by atoms with Crippen molar-refractivity contribution in [3.63, 3.8) is 0 Å². The van der Waals surface area contributed by atoms with Gasteiger partial charge in [0.25, 0.3) is 0 Å². The molecule has 1 aliphatic heterocycles. The van der Waals surface area contributed by atoms with Crippen molar-refractivity contribution in [1.82, 2.24) is 4.90 Å². The number of para-hydroxylation sites is 1. The van der Waals surface area contributed by atoms with Crippen molar-refractivity contribution >= 4 is 5.69 Å². The second kappa shape index (κ2) is 6.10. The second-order valence-electron chi connectivity index (χ2n) is 6.59. The molecule has 1 saturated heterocycles. The van der Waals surface area contributed by atoms with Gasteiger partial charge in [-0.2, -0.15) is 0 Å². The SMILES string of the molecule is CC(C)(C)C(CN)N1CCN(c2ccccc2F)CC1. The Kier molecular flexibility index (Phi) is 4.66. The number of rotatable bonds is 3. The van der Waals surface area contributed by atoms with Crippen molar-refractivity contribution in [2.75, 3.05) is 37.6 Å². The van der Waals surface area contributed by atoms with Gasteiger partial charge < -0.3 is 10.6 Å². The lowest BCUT2D eigenvalue weighted by atomic mass is 9.85. The maximum Gasteiger partial charge on any atom is 0.146 e. The number of hydrogen-bond acceptors (Lipinski definition) is 3. The minimum absolute atomic E-state index is 0.132. The molecule has 3 nitrogen and oxygen atoms in total. The summed E-state index contributed by atoms with van der Waals surface area (Å²) in [4.78, 5) is 4.57. The Morgan fingerprint density at radius 1 is 1.15 bits per heavy atom. The third-order valence-electron chi connectivity index (χ3n) is 4.17. The zero-order chi connectivity index (χ0) is 14.8. The molecule has 2 N–H and O–H groups in total. The molecule has 1 atom stereocenters. The lowest BCUT2D eigenvalue weighted by Gasteiger charge is -2.44.